The molecule has 0 radical (unpaired) electrons. The third-order valence-electron chi connectivity index (χ3n) is 5.92. The Morgan fingerprint density at radius 1 is 1.00 bits per heavy atom. The minimum atomic E-state index is -0.672. The number of halogens is 1. The van der Waals surface area contributed by atoms with Gasteiger partial charge in [-0.3, -0.25) is 14.4 Å². The first-order valence-electron chi connectivity index (χ1n) is 10.1. The molecule has 31 heavy (non-hydrogen) atoms. The van der Waals surface area contributed by atoms with Gasteiger partial charge in [-0.05, 0) is 34.7 Å². The summed E-state index contributed by atoms with van der Waals surface area (Å²) in [6, 6.07) is 14.5. The first kappa shape index (κ1) is 19.6. The number of carbonyl (C=O) groups excluding carboxylic acids is 3. The Balaban J connectivity index is 1.46. The number of Topliss-reactive ketones (excluding diaryl/α,β-unsaturated/α-hetero) is 1. The van der Waals surface area contributed by atoms with Crippen LogP contribution in [0.15, 0.2) is 60.0 Å². The molecule has 2 amide bonds. The molecule has 0 aliphatic carbocycles. The van der Waals surface area contributed by atoms with Crippen LogP contribution in [-0.2, 0) is 11.2 Å². The molecule has 3 heterocycles. The van der Waals surface area contributed by atoms with Crippen LogP contribution in [0.25, 0.3) is 11.1 Å². The minimum absolute atomic E-state index is 0.0885. The van der Waals surface area contributed by atoms with Crippen molar-refractivity contribution in [1.82, 2.24) is 9.80 Å². The number of piperazine rings is 1. The molecule has 0 N–H and O–H groups in total. The van der Waals surface area contributed by atoms with Gasteiger partial charge < -0.3 is 9.80 Å². The van der Waals surface area contributed by atoms with Gasteiger partial charge in [-0.1, -0.05) is 36.4 Å². The van der Waals surface area contributed by atoms with E-state index in [-0.39, 0.29) is 42.9 Å². The molecule has 5 nitrogen and oxygen atoms in total. The smallest absolute Gasteiger partial charge is 0.264 e. The SMILES string of the molecule is O=C1Cc2ccc(-c3ccccc3F)cc2C(=O)N2CCN(C(=O)c3cccs3)C[C@H]12. The molecular formula is C24H19FN2O3S. The highest BCUT2D eigenvalue weighted by Crippen LogP contribution is 2.30. The van der Waals surface area contributed by atoms with Gasteiger partial charge in [0.15, 0.2) is 5.78 Å². The normalized spacial score (nSPS) is 18.4. The lowest BCUT2D eigenvalue weighted by molar-refractivity contribution is -0.124. The number of fused-ring (bicyclic) bond motifs is 2. The Hall–Kier alpha value is -3.32. The lowest BCUT2D eigenvalue weighted by atomic mass is 9.96. The van der Waals surface area contributed by atoms with Crippen molar-refractivity contribution in [3.63, 3.8) is 0 Å². The molecule has 1 fully saturated rings. The second-order valence-corrected chi connectivity index (χ2v) is 8.69. The zero-order valence-electron chi connectivity index (χ0n) is 16.6. The van der Waals surface area contributed by atoms with E-state index in [1.165, 1.54) is 17.4 Å². The molecule has 2 aromatic carbocycles. The van der Waals surface area contributed by atoms with Crippen LogP contribution in [0.2, 0.25) is 0 Å². The summed E-state index contributed by atoms with van der Waals surface area (Å²) in [5, 5.41) is 1.84. The number of hydrogen-bond donors (Lipinski definition) is 0. The second kappa shape index (κ2) is 7.74. The van der Waals surface area contributed by atoms with E-state index in [1.54, 1.807) is 52.3 Å². The number of nitrogens with zero attached hydrogens (tertiary/aromatic N) is 2. The average molecular weight is 434 g/mol. The first-order chi connectivity index (χ1) is 15.0. The molecule has 0 unspecified atom stereocenters. The van der Waals surface area contributed by atoms with Gasteiger partial charge in [-0.25, -0.2) is 4.39 Å². The van der Waals surface area contributed by atoms with E-state index in [2.05, 4.69) is 0 Å². The average Bonchev–Trinajstić information content (AvgIpc) is 3.30. The zero-order valence-corrected chi connectivity index (χ0v) is 17.4. The summed E-state index contributed by atoms with van der Waals surface area (Å²) in [6.07, 6.45) is 0.112. The fourth-order valence-electron chi connectivity index (χ4n) is 4.29. The van der Waals surface area contributed by atoms with Crippen LogP contribution >= 0.6 is 11.3 Å². The number of hydrogen-bond acceptors (Lipinski definition) is 4. The fraction of sp³-hybridized carbons (Fsp3) is 0.208. The van der Waals surface area contributed by atoms with E-state index in [1.807, 2.05) is 11.4 Å². The molecule has 0 saturated carbocycles. The monoisotopic (exact) mass is 434 g/mol. The third-order valence-corrected chi connectivity index (χ3v) is 6.78. The molecule has 1 aromatic heterocycles. The Bertz CT molecular complexity index is 1190. The highest BCUT2D eigenvalue weighted by atomic mass is 32.1. The molecule has 5 rings (SSSR count). The van der Waals surface area contributed by atoms with E-state index in [0.717, 1.165) is 0 Å². The van der Waals surface area contributed by atoms with Crippen molar-refractivity contribution in [2.24, 2.45) is 0 Å². The lowest BCUT2D eigenvalue weighted by Crippen LogP contribution is -2.58. The molecule has 1 atom stereocenters. The molecule has 1 saturated heterocycles. The Kier molecular flexibility index (Phi) is 4.90. The Morgan fingerprint density at radius 2 is 1.84 bits per heavy atom. The van der Waals surface area contributed by atoms with Gasteiger partial charge in [0.05, 0.1) is 4.88 Å². The van der Waals surface area contributed by atoms with Gasteiger partial charge in [-0.15, -0.1) is 11.3 Å². The van der Waals surface area contributed by atoms with Gasteiger partial charge >= 0.3 is 0 Å². The van der Waals surface area contributed by atoms with Gasteiger partial charge in [0.2, 0.25) is 0 Å². The fourth-order valence-corrected chi connectivity index (χ4v) is 4.99. The first-order valence-corrected chi connectivity index (χ1v) is 10.9. The van der Waals surface area contributed by atoms with Crippen molar-refractivity contribution in [3.8, 4) is 11.1 Å². The summed E-state index contributed by atoms with van der Waals surface area (Å²) < 4.78 is 14.3. The maximum Gasteiger partial charge on any atom is 0.264 e. The summed E-state index contributed by atoms with van der Waals surface area (Å²) in [6.45, 7) is 0.847. The van der Waals surface area contributed by atoms with Crippen LogP contribution in [0.3, 0.4) is 0 Å². The largest absolute Gasteiger partial charge is 0.334 e. The molecule has 0 bridgehead atoms. The topological polar surface area (TPSA) is 57.7 Å². The standard InChI is InChI=1S/C24H19FN2O3S/c25-19-5-2-1-4-17(19)15-7-8-16-13-21(28)20-14-26(24(30)22-6-3-11-31-22)9-10-27(20)23(29)18(16)12-15/h1-8,11-12,20H,9-10,13-14H2/t20-/m1/s1. The van der Waals surface area contributed by atoms with Crippen molar-refractivity contribution in [3.05, 3.63) is 81.8 Å². The molecule has 2 aliphatic heterocycles. The molecule has 3 aromatic rings. The van der Waals surface area contributed by atoms with E-state index in [0.29, 0.717) is 33.7 Å². The number of carbonyl (C=O) groups is 3. The molecule has 156 valence electrons. The number of thiophene rings is 1. The number of benzene rings is 2. The van der Waals surface area contributed by atoms with Crippen LogP contribution < -0.4 is 0 Å². The summed E-state index contributed by atoms with van der Waals surface area (Å²) in [4.78, 5) is 43.0. The predicted octanol–water partition coefficient (Wildman–Crippen LogP) is 3.65. The van der Waals surface area contributed by atoms with Crippen molar-refractivity contribution in [2.45, 2.75) is 12.5 Å². The molecule has 7 heteroatoms. The maximum absolute atomic E-state index is 14.3. The van der Waals surface area contributed by atoms with Crippen molar-refractivity contribution in [1.29, 1.82) is 0 Å². The summed E-state index contributed by atoms with van der Waals surface area (Å²) >= 11 is 1.36. The number of amides is 2. The van der Waals surface area contributed by atoms with Gasteiger partial charge in [0.25, 0.3) is 11.8 Å². The molecular weight excluding hydrogens is 415 g/mol. The summed E-state index contributed by atoms with van der Waals surface area (Å²) in [7, 11) is 0. The molecule has 2 aliphatic rings. The van der Waals surface area contributed by atoms with E-state index in [9.17, 15) is 18.8 Å². The zero-order chi connectivity index (χ0) is 21.5. The van der Waals surface area contributed by atoms with Crippen LogP contribution in [0.5, 0.6) is 0 Å². The highest BCUT2D eigenvalue weighted by molar-refractivity contribution is 7.12. The lowest BCUT2D eigenvalue weighted by Gasteiger charge is -2.39. The Labute approximate surface area is 182 Å². The third kappa shape index (κ3) is 3.45. The summed E-state index contributed by atoms with van der Waals surface area (Å²) in [5.41, 5.74) is 2.08. The van der Waals surface area contributed by atoms with Crippen molar-refractivity contribution in [2.75, 3.05) is 19.6 Å². The maximum atomic E-state index is 14.3. The number of rotatable bonds is 2. The van der Waals surface area contributed by atoms with Gasteiger partial charge in [0.1, 0.15) is 11.9 Å². The van der Waals surface area contributed by atoms with E-state index in [4.69, 9.17) is 0 Å². The van der Waals surface area contributed by atoms with Crippen LogP contribution in [-0.4, -0.2) is 53.1 Å². The van der Waals surface area contributed by atoms with Crippen LogP contribution in [0.4, 0.5) is 4.39 Å². The minimum Gasteiger partial charge on any atom is -0.334 e. The van der Waals surface area contributed by atoms with E-state index < -0.39 is 6.04 Å². The van der Waals surface area contributed by atoms with Crippen molar-refractivity contribution >= 4 is 28.9 Å². The second-order valence-electron chi connectivity index (χ2n) is 7.74. The van der Waals surface area contributed by atoms with Crippen molar-refractivity contribution < 1.29 is 18.8 Å². The highest BCUT2D eigenvalue weighted by Gasteiger charge is 2.40. The molecule has 0 spiro atoms. The van der Waals surface area contributed by atoms with Crippen LogP contribution in [0.1, 0.15) is 25.6 Å². The van der Waals surface area contributed by atoms with Gasteiger partial charge in [0, 0.05) is 37.2 Å². The quantitative estimate of drug-likeness (QED) is 0.619. The predicted molar refractivity (Wildman–Crippen MR) is 116 cm³/mol. The van der Waals surface area contributed by atoms with Crippen LogP contribution in [0, 0.1) is 5.82 Å². The number of ketones is 1. The van der Waals surface area contributed by atoms with E-state index >= 15 is 0 Å². The Morgan fingerprint density at radius 3 is 2.61 bits per heavy atom. The summed E-state index contributed by atoms with van der Waals surface area (Å²) in [5.74, 6) is -0.807. The van der Waals surface area contributed by atoms with Gasteiger partial charge in [-0.2, -0.15) is 0 Å².